The van der Waals surface area contributed by atoms with Crippen LogP contribution < -0.4 is 4.57 Å². The van der Waals surface area contributed by atoms with Gasteiger partial charge >= 0.3 is 0 Å². The molecule has 0 spiro atoms. The molecule has 1 aromatic rings. The summed E-state index contributed by atoms with van der Waals surface area (Å²) < 4.78 is 2.00. The van der Waals surface area contributed by atoms with Crippen LogP contribution in [0, 0.1) is 0 Å². The van der Waals surface area contributed by atoms with E-state index in [4.69, 9.17) is 0 Å². The highest BCUT2D eigenvalue weighted by Crippen LogP contribution is 1.97. The Morgan fingerprint density at radius 1 is 0.929 bits per heavy atom. The molecule has 0 atom stereocenters. The van der Waals surface area contributed by atoms with Gasteiger partial charge in [-0.25, -0.2) is 4.57 Å². The molecule has 1 aliphatic rings. The molecule has 76 valence electrons. The van der Waals surface area contributed by atoms with E-state index in [-0.39, 0.29) is 0 Å². The molecule has 3 nitrogen and oxygen atoms in total. The summed E-state index contributed by atoms with van der Waals surface area (Å²) in [6, 6.07) is 6.00. The number of pyridine rings is 1. The molecule has 2 rings (SSSR count). The van der Waals surface area contributed by atoms with Gasteiger partial charge < -0.3 is 9.80 Å². The van der Waals surface area contributed by atoms with Gasteiger partial charge in [-0.3, -0.25) is 0 Å². The van der Waals surface area contributed by atoms with Crippen molar-refractivity contribution in [3.8, 4) is 0 Å². The summed E-state index contributed by atoms with van der Waals surface area (Å²) in [6.07, 6.45) is 8.11. The lowest BCUT2D eigenvalue weighted by molar-refractivity contribution is -0.671. The summed E-state index contributed by atoms with van der Waals surface area (Å²) >= 11 is 0. The molecule has 0 fully saturated rings. The van der Waals surface area contributed by atoms with Gasteiger partial charge in [0.05, 0.1) is 6.67 Å². The van der Waals surface area contributed by atoms with Gasteiger partial charge in [0, 0.05) is 38.6 Å². The molecule has 1 aromatic heterocycles. The zero-order chi connectivity index (χ0) is 10.4. The summed E-state index contributed by atoms with van der Waals surface area (Å²) in [6.45, 7) is 1.03. The number of nitrogens with zero attached hydrogens (tertiary/aromatic N) is 3. The van der Waals surface area contributed by atoms with Crippen molar-refractivity contribution >= 4 is 0 Å². The summed E-state index contributed by atoms with van der Waals surface area (Å²) in [5.41, 5.74) is 0. The summed E-state index contributed by atoms with van der Waals surface area (Å²) in [7, 11) is 6.11. The van der Waals surface area contributed by atoms with E-state index in [1.807, 2.05) is 42.2 Å². The van der Waals surface area contributed by atoms with Crippen LogP contribution in [0.5, 0.6) is 0 Å². The van der Waals surface area contributed by atoms with E-state index in [9.17, 15) is 0 Å². The van der Waals surface area contributed by atoms with E-state index in [1.54, 1.807) is 0 Å². The molecule has 0 saturated carbocycles. The second kappa shape index (κ2) is 5.27. The summed E-state index contributed by atoms with van der Waals surface area (Å²) in [4.78, 5) is 4.25. The van der Waals surface area contributed by atoms with Crippen molar-refractivity contribution in [2.75, 3.05) is 20.8 Å². The van der Waals surface area contributed by atoms with Crippen LogP contribution in [0.4, 0.5) is 0 Å². The largest absolute Gasteiger partial charge is 0.362 e. The number of hydrogen-bond acceptors (Lipinski definition) is 2. The average molecular weight is 192 g/mol. The maximum Gasteiger partial charge on any atom is 0.168 e. The topological polar surface area (TPSA) is 10.4 Å². The highest BCUT2D eigenvalue weighted by Gasteiger charge is 1.99. The Hall–Kier alpha value is -1.51. The molecule has 0 unspecified atom stereocenters. The predicted octanol–water partition coefficient (Wildman–Crippen LogP) is 0.803. The van der Waals surface area contributed by atoms with Crippen LogP contribution in [0.15, 0.2) is 43.0 Å². The van der Waals surface area contributed by atoms with Gasteiger partial charge in [0.15, 0.2) is 12.4 Å². The molecule has 3 heteroatoms. The third kappa shape index (κ3) is 3.94. The first kappa shape index (κ1) is 10.6. The van der Waals surface area contributed by atoms with E-state index in [0.717, 1.165) is 6.67 Å². The van der Waals surface area contributed by atoms with Crippen LogP contribution in [0.2, 0.25) is 0 Å². The Morgan fingerprint density at radius 3 is 1.64 bits per heavy atom. The van der Waals surface area contributed by atoms with Crippen molar-refractivity contribution in [3.63, 3.8) is 0 Å². The van der Waals surface area contributed by atoms with Gasteiger partial charge in [0.1, 0.15) is 7.05 Å². The fraction of sp³-hybridized carbons (Fsp3) is 0.364. The summed E-state index contributed by atoms with van der Waals surface area (Å²) in [5.74, 6) is 0. The van der Waals surface area contributed by atoms with E-state index in [0.29, 0.717) is 0 Å². The van der Waals surface area contributed by atoms with Gasteiger partial charge in [-0.05, 0) is 0 Å². The first-order valence-corrected chi connectivity index (χ1v) is 4.67. The normalized spacial score (nSPS) is 13.9. The quantitative estimate of drug-likeness (QED) is 0.563. The Bertz CT molecular complexity index is 272. The fourth-order valence-corrected chi connectivity index (χ4v) is 1.16. The minimum absolute atomic E-state index is 1.03. The van der Waals surface area contributed by atoms with Gasteiger partial charge in [-0.2, -0.15) is 0 Å². The van der Waals surface area contributed by atoms with E-state index in [1.165, 1.54) is 0 Å². The second-order valence-electron chi connectivity index (χ2n) is 3.49. The number of hydrogen-bond donors (Lipinski definition) is 0. The molecular formula is C11H18N3+. The number of aromatic nitrogens is 1. The Balaban J connectivity index is 0.000000140. The lowest BCUT2D eigenvalue weighted by Crippen LogP contribution is -2.25. The molecule has 0 bridgehead atoms. The van der Waals surface area contributed by atoms with Gasteiger partial charge in [-0.15, -0.1) is 0 Å². The second-order valence-corrected chi connectivity index (χ2v) is 3.49. The van der Waals surface area contributed by atoms with Crippen molar-refractivity contribution < 1.29 is 4.57 Å². The van der Waals surface area contributed by atoms with E-state index < -0.39 is 0 Å². The monoisotopic (exact) mass is 192 g/mol. The highest BCUT2D eigenvalue weighted by molar-refractivity contribution is 4.86. The van der Waals surface area contributed by atoms with Crippen LogP contribution >= 0.6 is 0 Å². The first-order valence-electron chi connectivity index (χ1n) is 4.67. The van der Waals surface area contributed by atoms with Crippen LogP contribution in [-0.4, -0.2) is 30.6 Å². The maximum absolute atomic E-state index is 2.12. The molecular weight excluding hydrogens is 174 g/mol. The SMILES string of the molecule is CN1C=CN(C)C1.C[n+]1ccccc1. The van der Waals surface area contributed by atoms with Crippen molar-refractivity contribution in [1.82, 2.24) is 9.80 Å². The van der Waals surface area contributed by atoms with Crippen LogP contribution in [-0.2, 0) is 7.05 Å². The molecule has 1 aliphatic heterocycles. The maximum atomic E-state index is 2.12. The Labute approximate surface area is 85.9 Å². The molecule has 0 amide bonds. The standard InChI is InChI=1S/C6H8N.C5H10N2/c1-7-5-3-2-4-6-7;1-6-3-4-7(2)5-6/h2-6H,1H3;3-4H,5H2,1-2H3/q+1;. The number of rotatable bonds is 0. The zero-order valence-corrected chi connectivity index (χ0v) is 9.09. The lowest BCUT2D eigenvalue weighted by atomic mass is 10.5. The predicted molar refractivity (Wildman–Crippen MR) is 57.2 cm³/mol. The zero-order valence-electron chi connectivity index (χ0n) is 9.09. The molecule has 2 heterocycles. The number of aryl methyl sites for hydroxylation is 1. The van der Waals surface area contributed by atoms with Crippen molar-refractivity contribution in [2.24, 2.45) is 7.05 Å². The van der Waals surface area contributed by atoms with Crippen LogP contribution in [0.25, 0.3) is 0 Å². The van der Waals surface area contributed by atoms with E-state index in [2.05, 4.69) is 36.3 Å². The van der Waals surface area contributed by atoms with E-state index >= 15 is 0 Å². The van der Waals surface area contributed by atoms with Gasteiger partial charge in [0.25, 0.3) is 0 Å². The van der Waals surface area contributed by atoms with Crippen LogP contribution in [0.3, 0.4) is 0 Å². The fourth-order valence-electron chi connectivity index (χ4n) is 1.16. The third-order valence-electron chi connectivity index (χ3n) is 1.89. The molecule has 0 aromatic carbocycles. The van der Waals surface area contributed by atoms with Crippen molar-refractivity contribution in [2.45, 2.75) is 0 Å². The molecule has 0 aliphatic carbocycles. The minimum Gasteiger partial charge on any atom is -0.362 e. The highest BCUT2D eigenvalue weighted by atomic mass is 15.3. The minimum atomic E-state index is 1.03. The third-order valence-corrected chi connectivity index (χ3v) is 1.89. The average Bonchev–Trinajstić information content (AvgIpc) is 2.52. The smallest absolute Gasteiger partial charge is 0.168 e. The Morgan fingerprint density at radius 2 is 1.43 bits per heavy atom. The van der Waals surface area contributed by atoms with Gasteiger partial charge in [0.2, 0.25) is 0 Å². The van der Waals surface area contributed by atoms with Crippen LogP contribution in [0.1, 0.15) is 0 Å². The molecule has 0 radical (unpaired) electrons. The molecule has 0 N–H and O–H groups in total. The molecule has 0 saturated heterocycles. The lowest BCUT2D eigenvalue weighted by Gasteiger charge is -2.10. The van der Waals surface area contributed by atoms with Crippen molar-refractivity contribution in [1.29, 1.82) is 0 Å². The van der Waals surface area contributed by atoms with Gasteiger partial charge in [-0.1, -0.05) is 6.07 Å². The summed E-state index contributed by atoms with van der Waals surface area (Å²) in [5, 5.41) is 0. The first-order chi connectivity index (χ1) is 6.68. The Kier molecular flexibility index (Phi) is 3.98. The van der Waals surface area contributed by atoms with Crippen molar-refractivity contribution in [3.05, 3.63) is 43.0 Å². The molecule has 14 heavy (non-hydrogen) atoms.